The van der Waals surface area contributed by atoms with Gasteiger partial charge >= 0.3 is 0 Å². The van der Waals surface area contributed by atoms with Crippen molar-refractivity contribution >= 4 is 23.4 Å². The van der Waals surface area contributed by atoms with Gasteiger partial charge in [-0.3, -0.25) is 19.7 Å². The lowest BCUT2D eigenvalue weighted by atomic mass is 10.0. The van der Waals surface area contributed by atoms with E-state index >= 15 is 4.39 Å². The van der Waals surface area contributed by atoms with E-state index in [9.17, 15) is 23.2 Å². The van der Waals surface area contributed by atoms with E-state index in [0.29, 0.717) is 13.1 Å². The molecule has 0 aliphatic carbocycles. The molecule has 3 aliphatic rings. The van der Waals surface area contributed by atoms with Crippen molar-refractivity contribution in [3.05, 3.63) is 28.6 Å². The summed E-state index contributed by atoms with van der Waals surface area (Å²) in [5.74, 6) is -5.91. The predicted octanol–water partition coefficient (Wildman–Crippen LogP) is 1.05. The van der Waals surface area contributed by atoms with Gasteiger partial charge in [-0.25, -0.2) is 13.2 Å². The number of hydrogen-bond acceptors (Lipinski definition) is 5. The molecule has 0 radical (unpaired) electrons. The number of rotatable bonds is 2. The molecule has 3 aliphatic heterocycles. The number of piperidine rings is 1. The van der Waals surface area contributed by atoms with Crippen molar-refractivity contribution in [2.45, 2.75) is 51.4 Å². The molecule has 3 atom stereocenters. The number of halogens is 3. The number of imide groups is 1. The Morgan fingerprint density at radius 1 is 0.966 bits per heavy atom. The molecule has 3 heterocycles. The van der Waals surface area contributed by atoms with E-state index < -0.39 is 52.5 Å². The molecule has 2 fully saturated rings. The van der Waals surface area contributed by atoms with Crippen LogP contribution in [0.15, 0.2) is 0 Å². The van der Waals surface area contributed by atoms with Gasteiger partial charge in [-0.15, -0.1) is 0 Å². The van der Waals surface area contributed by atoms with E-state index in [1.54, 1.807) is 13.8 Å². The molecular weight excluding hydrogens is 389 g/mol. The first kappa shape index (κ1) is 19.7. The quantitative estimate of drug-likeness (QED) is 0.563. The van der Waals surface area contributed by atoms with Gasteiger partial charge in [0, 0.05) is 37.2 Å². The van der Waals surface area contributed by atoms with Gasteiger partial charge in [0.2, 0.25) is 11.8 Å². The van der Waals surface area contributed by atoms with E-state index in [0.717, 1.165) is 4.90 Å². The third-order valence-electron chi connectivity index (χ3n) is 5.87. The molecule has 0 saturated carbocycles. The summed E-state index contributed by atoms with van der Waals surface area (Å²) in [5.41, 5.74) is -1.42. The molecule has 4 rings (SSSR count). The van der Waals surface area contributed by atoms with Crippen LogP contribution in [0.25, 0.3) is 0 Å². The second-order valence-corrected chi connectivity index (χ2v) is 7.81. The number of benzene rings is 1. The molecule has 2 saturated heterocycles. The Labute approximate surface area is 165 Å². The Bertz CT molecular complexity index is 913. The minimum absolute atomic E-state index is 0.0108. The number of nitrogens with one attached hydrogen (secondary N) is 2. The van der Waals surface area contributed by atoms with Gasteiger partial charge in [0.1, 0.15) is 11.7 Å². The van der Waals surface area contributed by atoms with E-state index in [2.05, 4.69) is 10.6 Å². The molecular formula is C19H21F3N4O3. The van der Waals surface area contributed by atoms with Gasteiger partial charge in [-0.05, 0) is 20.3 Å². The number of fused-ring (bicyclic) bond motifs is 1. The fourth-order valence-electron chi connectivity index (χ4n) is 4.48. The fourth-order valence-corrected chi connectivity index (χ4v) is 4.48. The Kier molecular flexibility index (Phi) is 4.76. The molecule has 156 valence electrons. The molecule has 29 heavy (non-hydrogen) atoms. The minimum Gasteiger partial charge on any atom is -0.359 e. The lowest BCUT2D eigenvalue weighted by Crippen LogP contribution is -2.56. The Balaban J connectivity index is 1.76. The van der Waals surface area contributed by atoms with Crippen LogP contribution in [-0.2, 0) is 16.1 Å². The van der Waals surface area contributed by atoms with Crippen LogP contribution >= 0.6 is 0 Å². The average Bonchev–Trinajstić information content (AvgIpc) is 3.00. The number of carbonyl (C=O) groups is 3. The molecule has 1 aromatic rings. The van der Waals surface area contributed by atoms with Gasteiger partial charge in [0.05, 0.1) is 12.1 Å². The third-order valence-corrected chi connectivity index (χ3v) is 5.87. The highest BCUT2D eigenvalue weighted by atomic mass is 19.2. The van der Waals surface area contributed by atoms with Crippen LogP contribution in [0.4, 0.5) is 18.9 Å². The van der Waals surface area contributed by atoms with E-state index in [4.69, 9.17) is 0 Å². The first-order valence-corrected chi connectivity index (χ1v) is 9.55. The van der Waals surface area contributed by atoms with E-state index in [-0.39, 0.29) is 37.0 Å². The second kappa shape index (κ2) is 7.01. The average molecular weight is 410 g/mol. The number of nitrogens with zero attached hydrogens (tertiary/aromatic N) is 2. The van der Waals surface area contributed by atoms with Gasteiger partial charge in [0.25, 0.3) is 5.91 Å². The smallest absolute Gasteiger partial charge is 0.258 e. The molecule has 7 nitrogen and oxygen atoms in total. The molecule has 2 N–H and O–H groups in total. The number of amides is 3. The SMILES string of the molecule is CC1CNCC(C)N1c1c(F)c(F)c2c(c1F)CN(C1CCC(=O)NC1=O)C2=O. The van der Waals surface area contributed by atoms with Crippen molar-refractivity contribution in [2.24, 2.45) is 0 Å². The summed E-state index contributed by atoms with van der Waals surface area (Å²) in [4.78, 5) is 38.7. The lowest BCUT2D eigenvalue weighted by Gasteiger charge is -2.41. The van der Waals surface area contributed by atoms with Crippen molar-refractivity contribution in [1.29, 1.82) is 0 Å². The van der Waals surface area contributed by atoms with Crippen LogP contribution in [-0.4, -0.2) is 53.8 Å². The summed E-state index contributed by atoms with van der Waals surface area (Å²) in [5, 5.41) is 5.26. The van der Waals surface area contributed by atoms with Crippen LogP contribution in [0, 0.1) is 17.5 Å². The molecule has 1 aromatic carbocycles. The predicted molar refractivity (Wildman–Crippen MR) is 96.6 cm³/mol. The van der Waals surface area contributed by atoms with Crippen molar-refractivity contribution in [1.82, 2.24) is 15.5 Å². The summed E-state index contributed by atoms with van der Waals surface area (Å²) in [6.45, 7) is 4.14. The largest absolute Gasteiger partial charge is 0.359 e. The van der Waals surface area contributed by atoms with Gasteiger partial charge < -0.3 is 15.1 Å². The van der Waals surface area contributed by atoms with Crippen molar-refractivity contribution in [2.75, 3.05) is 18.0 Å². The third kappa shape index (κ3) is 2.97. The summed E-state index contributed by atoms with van der Waals surface area (Å²) >= 11 is 0. The summed E-state index contributed by atoms with van der Waals surface area (Å²) in [6.07, 6.45) is 0.0613. The highest BCUT2D eigenvalue weighted by Crippen LogP contribution is 2.39. The highest BCUT2D eigenvalue weighted by Gasteiger charge is 2.45. The standard InChI is InChI=1S/C19H21F3N4O3/c1-8-5-23-6-9(2)26(8)17-14(20)10-7-25(11-3-4-12(27)24-18(11)28)19(29)13(10)15(21)16(17)22/h8-9,11,23H,3-7H2,1-2H3,(H,24,27,28). The van der Waals surface area contributed by atoms with Crippen LogP contribution in [0.3, 0.4) is 0 Å². The molecule has 0 bridgehead atoms. The monoisotopic (exact) mass is 410 g/mol. The zero-order chi connectivity index (χ0) is 21.0. The van der Waals surface area contributed by atoms with Crippen molar-refractivity contribution in [3.63, 3.8) is 0 Å². The minimum atomic E-state index is -1.41. The lowest BCUT2D eigenvalue weighted by molar-refractivity contribution is -0.136. The Morgan fingerprint density at radius 2 is 1.62 bits per heavy atom. The summed E-state index contributed by atoms with van der Waals surface area (Å²) < 4.78 is 45.3. The molecule has 3 amide bonds. The maximum absolute atomic E-state index is 15.4. The molecule has 10 heteroatoms. The Hall–Kier alpha value is -2.62. The van der Waals surface area contributed by atoms with Crippen LogP contribution in [0.1, 0.15) is 42.6 Å². The topological polar surface area (TPSA) is 81.8 Å². The number of hydrogen-bond donors (Lipinski definition) is 2. The number of carbonyl (C=O) groups excluding carboxylic acids is 3. The molecule has 0 aromatic heterocycles. The number of piperazine rings is 1. The van der Waals surface area contributed by atoms with Gasteiger partial charge in [-0.2, -0.15) is 0 Å². The van der Waals surface area contributed by atoms with Gasteiger partial charge in [0.15, 0.2) is 17.5 Å². The number of anilines is 1. The summed E-state index contributed by atoms with van der Waals surface area (Å²) in [7, 11) is 0. The molecule has 0 spiro atoms. The highest BCUT2D eigenvalue weighted by molar-refractivity contribution is 6.05. The van der Waals surface area contributed by atoms with Gasteiger partial charge in [-0.1, -0.05) is 0 Å². The maximum atomic E-state index is 15.4. The van der Waals surface area contributed by atoms with Crippen LogP contribution < -0.4 is 15.5 Å². The van der Waals surface area contributed by atoms with Crippen LogP contribution in [0.2, 0.25) is 0 Å². The first-order chi connectivity index (χ1) is 13.7. The van der Waals surface area contributed by atoms with E-state index in [1.165, 1.54) is 4.90 Å². The Morgan fingerprint density at radius 3 is 2.24 bits per heavy atom. The fraction of sp³-hybridized carbons (Fsp3) is 0.526. The normalized spacial score (nSPS) is 27.3. The van der Waals surface area contributed by atoms with Crippen molar-refractivity contribution < 1.29 is 27.6 Å². The zero-order valence-electron chi connectivity index (χ0n) is 16.0. The summed E-state index contributed by atoms with van der Waals surface area (Å²) in [6, 6.07) is -1.61. The van der Waals surface area contributed by atoms with E-state index in [1.807, 2.05) is 0 Å². The zero-order valence-corrected chi connectivity index (χ0v) is 16.0. The molecule has 3 unspecified atom stereocenters. The maximum Gasteiger partial charge on any atom is 0.258 e. The first-order valence-electron chi connectivity index (χ1n) is 9.55. The second-order valence-electron chi connectivity index (χ2n) is 7.81. The van der Waals surface area contributed by atoms with Crippen LogP contribution in [0.5, 0.6) is 0 Å². The van der Waals surface area contributed by atoms with Crippen molar-refractivity contribution in [3.8, 4) is 0 Å².